The van der Waals surface area contributed by atoms with Crippen LogP contribution in [0.5, 0.6) is 0 Å². The lowest BCUT2D eigenvalue weighted by Crippen LogP contribution is -2.60. The summed E-state index contributed by atoms with van der Waals surface area (Å²) in [7, 11) is -17.1. The molecule has 10 aromatic carbocycles. The number of carbonyl (C=O) groups is 5. The number of carbonyl (C=O) groups excluding carboxylic acids is 5. The van der Waals surface area contributed by atoms with Crippen LogP contribution >= 0.6 is 10.5 Å². The molecule has 1 aromatic heterocycles. The first-order valence-electron chi connectivity index (χ1n) is 42.9. The van der Waals surface area contributed by atoms with Crippen LogP contribution in [0.15, 0.2) is 321 Å². The lowest BCUT2D eigenvalue weighted by atomic mass is 9.48. The minimum atomic E-state index is -6.72. The molecule has 0 spiro atoms. The molecule has 8 aliphatic carbocycles. The molecule has 0 amide bonds. The molecule has 8 fully saturated rings. The number of rotatable bonds is 24. The van der Waals surface area contributed by atoms with Crippen LogP contribution in [0.2, 0.25) is 0 Å². The highest BCUT2D eigenvalue weighted by Gasteiger charge is 2.66. The Morgan fingerprint density at radius 3 is 1.11 bits per heavy atom. The van der Waals surface area contributed by atoms with E-state index in [9.17, 15) is 116 Å². The molecule has 8 saturated carbocycles. The Hall–Kier alpha value is -11.4. The second-order valence-corrected chi connectivity index (χ2v) is 45.0. The molecule has 6 atom stereocenters. The quantitative estimate of drug-likeness (QED) is 0.0135. The molecule has 0 N–H and O–H groups in total. The SMILES string of the molecule is C=C(C)C(=O)OC12CC3CC(C1)CC(C(=O)OC(CS(=O)(=O)[O-])C(F)(F)F)(C3)C2.C=C(C)C(=O)OC12CC3CC(C1)CC(C(=O)OCCS(=O)(=O)[O-])(C3)C2.C=Cc1ccc(C(=O)OC(C(F)(F)F)C(F)(F)S(=O)(=O)[O-])cc1.Fc1ccc([S+](c2ccc(F)cc2)c2ccc(F)cc2)cc1.Fc1ccc([S+](c2ccccc2)c2ccccc2)cc1.c1ccc(-[s+]2c3ccccc3c3ccccc32)cc1. The van der Waals surface area contributed by atoms with Gasteiger partial charge in [-0.15, -0.1) is 0 Å². The van der Waals surface area contributed by atoms with Crippen LogP contribution in [0.1, 0.15) is 107 Å². The Kier molecular flexibility index (Phi) is 33.3. The van der Waals surface area contributed by atoms with Crippen LogP contribution in [0.25, 0.3) is 31.1 Å². The molecule has 730 valence electrons. The van der Waals surface area contributed by atoms with Gasteiger partial charge in [-0.25, -0.2) is 57.2 Å². The summed E-state index contributed by atoms with van der Waals surface area (Å²) in [6.07, 6.45) is -10.7. The third-order valence-corrected chi connectivity index (χ3v) is 33.0. The van der Waals surface area contributed by atoms with Crippen LogP contribution in [-0.2, 0) is 95.0 Å². The van der Waals surface area contributed by atoms with E-state index in [1.807, 2.05) is 48.5 Å². The van der Waals surface area contributed by atoms with Crippen molar-refractivity contribution >= 4 is 119 Å². The van der Waals surface area contributed by atoms with Gasteiger partial charge in [0.25, 0.3) is 6.10 Å². The molecule has 19 rings (SSSR count). The zero-order valence-corrected chi connectivity index (χ0v) is 78.7. The summed E-state index contributed by atoms with van der Waals surface area (Å²) >= 11 is 0. The van der Waals surface area contributed by atoms with Gasteiger partial charge in [-0.3, -0.25) is 9.59 Å². The van der Waals surface area contributed by atoms with Gasteiger partial charge in [0.2, 0.25) is 6.10 Å². The number of thiophene rings is 1. The maximum atomic E-state index is 13.2. The standard InChI is InChI=1S/C18H23F3O7S.C18H12F3S.C18H14FS.C18H13S.C17H24O7S.C12H9F5O5S/c1-10(2)14(22)28-17-6-11-3-12(7-17)5-16(4-11,9-17)15(23)27-13(18(19,20)21)8-29(24,25)26;19-13-1-7-16(8-2-13)22(17-9-3-14(20)4-10-17)18-11-5-15(21)6-12-18;19-15-11-13-18(14-12-15)20(16-7-3-1-4-8-16)17-9-5-2-6-10-17;1-2-8-14(9-3-1)19-17-12-6-4-10-15(17)16-11-5-7-13-18(16)19;1-11(2)14(18)24-17-8-12-5-13(9-17)7-16(6-12,10-17)15(19)23-3-4-25(20,21)22;1-2-7-3-5-8(6-4-7)9(18)22-10(11(13,14)15)12(16,17)23(19,20)21/h11-13H,1,3-9H2,2H3,(H,24,25,26);1-12H;1-14H;1-13H;12-13H,1,3-10H2,2H3,(H,20,21,22);2-6,10H,1H2,(H,19,20,21)/q;3*+1;;/p-3. The van der Waals surface area contributed by atoms with Crippen molar-refractivity contribution in [3.8, 4) is 4.90 Å². The average Bonchev–Trinajstić information content (AvgIpc) is 1.27. The van der Waals surface area contributed by atoms with E-state index >= 15 is 0 Å². The van der Waals surface area contributed by atoms with Crippen molar-refractivity contribution in [3.05, 3.63) is 326 Å². The first kappa shape index (κ1) is 105. The van der Waals surface area contributed by atoms with Gasteiger partial charge in [0.05, 0.1) is 69.9 Å². The Morgan fingerprint density at radius 1 is 0.442 bits per heavy atom. The van der Waals surface area contributed by atoms with Crippen molar-refractivity contribution in [1.82, 2.24) is 0 Å². The zero-order valence-electron chi connectivity index (χ0n) is 73.8. The molecule has 11 aromatic rings. The summed E-state index contributed by atoms with van der Waals surface area (Å²) in [5.41, 5.74) is -3.25. The highest BCUT2D eigenvalue weighted by molar-refractivity contribution is 7.97. The topological polar surface area (TPSA) is 303 Å². The van der Waals surface area contributed by atoms with Crippen LogP contribution in [0.3, 0.4) is 0 Å². The molecule has 8 bridgehead atoms. The predicted octanol–water partition coefficient (Wildman–Crippen LogP) is 22.4. The Morgan fingerprint density at radius 2 is 0.783 bits per heavy atom. The molecule has 138 heavy (non-hydrogen) atoms. The minimum absolute atomic E-state index is 0.0134. The van der Waals surface area contributed by atoms with Gasteiger partial charge in [-0.1, -0.05) is 117 Å². The fourth-order valence-electron chi connectivity index (χ4n) is 18.9. The van der Waals surface area contributed by atoms with E-state index in [2.05, 4.69) is 132 Å². The van der Waals surface area contributed by atoms with Crippen LogP contribution in [0, 0.1) is 57.8 Å². The predicted molar refractivity (Wildman–Crippen MR) is 492 cm³/mol. The van der Waals surface area contributed by atoms with Crippen molar-refractivity contribution in [2.24, 2.45) is 34.5 Å². The Bertz CT molecular complexity index is 6350. The van der Waals surface area contributed by atoms with E-state index in [1.54, 1.807) is 43.3 Å². The number of hydrogen-bond donors (Lipinski definition) is 0. The Balaban J connectivity index is 0.000000149. The highest BCUT2D eigenvalue weighted by Crippen LogP contribution is 2.65. The average molecular weight is 2030 g/mol. The first-order chi connectivity index (χ1) is 64.9. The second kappa shape index (κ2) is 43.5. The van der Waals surface area contributed by atoms with Gasteiger partial charge in [0.15, 0.2) is 53.8 Å². The molecule has 0 saturated heterocycles. The normalized spacial score (nSPS) is 21.0. The van der Waals surface area contributed by atoms with E-state index in [0.29, 0.717) is 43.2 Å². The molecule has 0 aliphatic heterocycles. The molecule has 6 unspecified atom stereocenters. The number of ether oxygens (including phenoxy) is 5. The number of halogens is 12. The van der Waals surface area contributed by atoms with Gasteiger partial charge in [0, 0.05) is 45.2 Å². The van der Waals surface area contributed by atoms with E-state index in [0.717, 1.165) is 57.4 Å². The van der Waals surface area contributed by atoms with Gasteiger partial charge < -0.3 is 37.3 Å². The number of benzene rings is 10. The lowest BCUT2D eigenvalue weighted by molar-refractivity contribution is -0.248. The zero-order chi connectivity index (χ0) is 100. The molecule has 37 heteroatoms. The summed E-state index contributed by atoms with van der Waals surface area (Å²) in [4.78, 5) is 68.8. The maximum absolute atomic E-state index is 13.2. The van der Waals surface area contributed by atoms with Crippen LogP contribution < -0.4 is 0 Å². The van der Waals surface area contributed by atoms with E-state index < -0.39 is 147 Å². The van der Waals surface area contributed by atoms with Gasteiger partial charge >= 0.3 is 47.5 Å². The van der Waals surface area contributed by atoms with Crippen LogP contribution in [-0.4, -0.2) is 128 Å². The van der Waals surface area contributed by atoms with E-state index in [-0.39, 0.29) is 93.1 Å². The van der Waals surface area contributed by atoms with Crippen molar-refractivity contribution < 1.29 is 139 Å². The summed E-state index contributed by atoms with van der Waals surface area (Å²) < 4.78 is 279. The monoisotopic (exact) mass is 2030 g/mol. The summed E-state index contributed by atoms with van der Waals surface area (Å²) in [5.74, 6) is -7.80. The number of fused-ring (bicyclic) bond motifs is 3. The van der Waals surface area contributed by atoms with Crippen molar-refractivity contribution in [1.29, 1.82) is 0 Å². The summed E-state index contributed by atoms with van der Waals surface area (Å²) in [6, 6.07) is 78.8. The highest BCUT2D eigenvalue weighted by atomic mass is 32.2. The van der Waals surface area contributed by atoms with E-state index in [4.69, 9.17) is 14.2 Å². The molecular formula is C101H92F12O19S6. The van der Waals surface area contributed by atoms with Gasteiger partial charge in [-0.2, -0.15) is 35.1 Å². The van der Waals surface area contributed by atoms with E-state index in [1.165, 1.54) is 109 Å². The summed E-state index contributed by atoms with van der Waals surface area (Å²) in [5, 5.41) is -3.09. The minimum Gasteiger partial charge on any atom is -0.748 e. The Labute approximate surface area is 797 Å². The fraction of sp³-hybridized carbons (Fsp3) is 0.297. The largest absolute Gasteiger partial charge is 0.748 e. The number of hydrogen-bond acceptors (Lipinski definition) is 19. The van der Waals surface area contributed by atoms with Crippen LogP contribution in [0.4, 0.5) is 52.7 Å². The molecule has 1 heterocycles. The first-order valence-corrected chi connectivity index (χ1v) is 51.1. The third kappa shape index (κ3) is 26.6. The lowest BCUT2D eigenvalue weighted by Gasteiger charge is -2.59. The number of alkyl halides is 8. The van der Waals surface area contributed by atoms with Crippen molar-refractivity contribution in [2.75, 3.05) is 18.1 Å². The van der Waals surface area contributed by atoms with Gasteiger partial charge in [0.1, 0.15) is 41.1 Å². The number of esters is 5. The smallest absolute Gasteiger partial charge is 0.432 e. The van der Waals surface area contributed by atoms with Crippen molar-refractivity contribution in [2.45, 2.75) is 161 Å². The van der Waals surface area contributed by atoms with Gasteiger partial charge in [-0.05, 0) is 277 Å². The molecule has 8 aliphatic rings. The molecule has 19 nitrogen and oxygen atoms in total. The van der Waals surface area contributed by atoms with Crippen molar-refractivity contribution in [3.63, 3.8) is 0 Å². The third-order valence-electron chi connectivity index (χ3n) is 23.9. The second-order valence-electron chi connectivity index (χ2n) is 34.6. The molecular weight excluding hydrogens is 1940 g/mol. The fourth-order valence-corrected chi connectivity index (χ4v) is 26.8. The molecule has 0 radical (unpaired) electrons. The maximum Gasteiger partial charge on any atom is 0.432 e. The summed E-state index contributed by atoms with van der Waals surface area (Å²) in [6.45, 7) is 13.2.